The molecule has 1 atom stereocenters. The van der Waals surface area contributed by atoms with Gasteiger partial charge in [0, 0.05) is 0 Å². The summed E-state index contributed by atoms with van der Waals surface area (Å²) in [5.74, 6) is -0.361. The lowest BCUT2D eigenvalue weighted by Gasteiger charge is -2.05. The second-order valence-electron chi connectivity index (χ2n) is 2.50. The number of nitriles is 1. The molecule has 4 heteroatoms. The number of nitrogens with two attached hydrogens (primary N) is 1. The van der Waals surface area contributed by atoms with Crippen LogP contribution < -0.4 is 10.5 Å². The molecule has 0 aliphatic heterocycles. The van der Waals surface area contributed by atoms with E-state index in [0.29, 0.717) is 5.56 Å². The van der Waals surface area contributed by atoms with Gasteiger partial charge in [0.1, 0.15) is 6.04 Å². The maximum atomic E-state index is 13.1. The molecule has 0 spiro atoms. The van der Waals surface area contributed by atoms with Crippen LogP contribution in [0.3, 0.4) is 0 Å². The third-order valence-electron chi connectivity index (χ3n) is 1.67. The van der Waals surface area contributed by atoms with Crippen LogP contribution in [0.4, 0.5) is 4.39 Å². The average Bonchev–Trinajstić information content (AvgIpc) is 2.16. The van der Waals surface area contributed by atoms with Crippen LogP contribution >= 0.6 is 0 Å². The molecule has 0 heterocycles. The monoisotopic (exact) mass is 180 g/mol. The molecule has 0 saturated heterocycles. The van der Waals surface area contributed by atoms with Crippen LogP contribution in [0.2, 0.25) is 0 Å². The van der Waals surface area contributed by atoms with E-state index in [1.54, 1.807) is 6.07 Å². The van der Waals surface area contributed by atoms with Crippen LogP contribution in [-0.4, -0.2) is 7.11 Å². The lowest BCUT2D eigenvalue weighted by Crippen LogP contribution is -2.07. The van der Waals surface area contributed by atoms with Crippen molar-refractivity contribution in [3.63, 3.8) is 0 Å². The topological polar surface area (TPSA) is 59.0 Å². The van der Waals surface area contributed by atoms with E-state index in [2.05, 4.69) is 0 Å². The highest BCUT2D eigenvalue weighted by Gasteiger charge is 2.08. The fourth-order valence-electron chi connectivity index (χ4n) is 0.951. The van der Waals surface area contributed by atoms with Gasteiger partial charge in [0.25, 0.3) is 0 Å². The summed E-state index contributed by atoms with van der Waals surface area (Å²) in [6.45, 7) is 0. The smallest absolute Gasteiger partial charge is 0.165 e. The normalized spacial score (nSPS) is 11.8. The quantitative estimate of drug-likeness (QED) is 0.747. The average molecular weight is 180 g/mol. The number of methoxy groups -OCH3 is 1. The number of halogens is 1. The molecular weight excluding hydrogens is 171 g/mol. The highest BCUT2D eigenvalue weighted by Crippen LogP contribution is 2.20. The fourth-order valence-corrected chi connectivity index (χ4v) is 0.951. The third-order valence-corrected chi connectivity index (χ3v) is 1.67. The zero-order valence-electron chi connectivity index (χ0n) is 7.12. The van der Waals surface area contributed by atoms with Crippen molar-refractivity contribution in [3.8, 4) is 11.8 Å². The molecule has 0 amide bonds. The lowest BCUT2D eigenvalue weighted by molar-refractivity contribution is 0.386. The van der Waals surface area contributed by atoms with Crippen molar-refractivity contribution in [1.29, 1.82) is 5.26 Å². The van der Waals surface area contributed by atoms with Crippen molar-refractivity contribution < 1.29 is 9.13 Å². The Morgan fingerprint density at radius 1 is 1.62 bits per heavy atom. The summed E-state index contributed by atoms with van der Waals surface area (Å²) in [5, 5.41) is 8.48. The summed E-state index contributed by atoms with van der Waals surface area (Å²) in [7, 11) is 1.38. The van der Waals surface area contributed by atoms with Gasteiger partial charge in [-0.1, -0.05) is 6.07 Å². The number of benzene rings is 1. The molecule has 0 unspecified atom stereocenters. The van der Waals surface area contributed by atoms with Crippen LogP contribution in [0.5, 0.6) is 5.75 Å². The van der Waals surface area contributed by atoms with Crippen molar-refractivity contribution in [3.05, 3.63) is 29.6 Å². The minimum Gasteiger partial charge on any atom is -0.494 e. The Morgan fingerprint density at radius 3 is 2.77 bits per heavy atom. The van der Waals surface area contributed by atoms with E-state index in [1.807, 2.05) is 6.07 Å². The summed E-state index contributed by atoms with van der Waals surface area (Å²) >= 11 is 0. The standard InChI is InChI=1S/C9H9FN2O/c1-13-9-3-2-6(4-7(9)10)8(12)5-11/h2-4,8H,12H2,1H3/t8-/m1/s1. The maximum Gasteiger partial charge on any atom is 0.165 e. The van der Waals surface area contributed by atoms with E-state index in [0.717, 1.165) is 0 Å². The van der Waals surface area contributed by atoms with Gasteiger partial charge in [0.15, 0.2) is 11.6 Å². The highest BCUT2D eigenvalue weighted by atomic mass is 19.1. The van der Waals surface area contributed by atoms with Crippen LogP contribution in [0.15, 0.2) is 18.2 Å². The molecule has 0 bridgehead atoms. The van der Waals surface area contributed by atoms with Gasteiger partial charge in [-0.05, 0) is 17.7 Å². The Morgan fingerprint density at radius 2 is 2.31 bits per heavy atom. The minimum atomic E-state index is -0.791. The van der Waals surface area contributed by atoms with Crippen LogP contribution in [-0.2, 0) is 0 Å². The molecule has 1 aromatic rings. The van der Waals surface area contributed by atoms with Gasteiger partial charge in [0.05, 0.1) is 13.2 Å². The Balaban J connectivity index is 3.04. The van der Waals surface area contributed by atoms with Crippen molar-refractivity contribution in [2.24, 2.45) is 5.73 Å². The number of hydrogen-bond donors (Lipinski definition) is 1. The second kappa shape index (κ2) is 3.87. The molecular formula is C9H9FN2O. The lowest BCUT2D eigenvalue weighted by atomic mass is 10.1. The zero-order chi connectivity index (χ0) is 9.84. The van der Waals surface area contributed by atoms with Gasteiger partial charge in [0.2, 0.25) is 0 Å². The summed E-state index contributed by atoms with van der Waals surface area (Å²) in [4.78, 5) is 0. The van der Waals surface area contributed by atoms with Gasteiger partial charge < -0.3 is 10.5 Å². The molecule has 0 radical (unpaired) electrons. The van der Waals surface area contributed by atoms with Crippen LogP contribution in [0.1, 0.15) is 11.6 Å². The van der Waals surface area contributed by atoms with Gasteiger partial charge in [-0.15, -0.1) is 0 Å². The molecule has 0 aromatic heterocycles. The first kappa shape index (κ1) is 9.49. The van der Waals surface area contributed by atoms with E-state index < -0.39 is 11.9 Å². The molecule has 13 heavy (non-hydrogen) atoms. The number of ether oxygens (including phenoxy) is 1. The molecule has 0 aliphatic carbocycles. The van der Waals surface area contributed by atoms with Crippen molar-refractivity contribution in [2.75, 3.05) is 7.11 Å². The molecule has 0 aliphatic rings. The molecule has 1 aromatic carbocycles. The Hall–Kier alpha value is -1.60. The number of nitrogens with zero attached hydrogens (tertiary/aromatic N) is 1. The summed E-state index contributed by atoms with van der Waals surface area (Å²) < 4.78 is 17.8. The Kier molecular flexibility index (Phi) is 2.83. The third kappa shape index (κ3) is 1.95. The molecule has 68 valence electrons. The number of rotatable bonds is 2. The van der Waals surface area contributed by atoms with Crippen molar-refractivity contribution in [1.82, 2.24) is 0 Å². The maximum absolute atomic E-state index is 13.1. The summed E-state index contributed by atoms with van der Waals surface area (Å²) in [6.07, 6.45) is 0. The summed E-state index contributed by atoms with van der Waals surface area (Å²) in [5.41, 5.74) is 5.83. The van der Waals surface area contributed by atoms with E-state index in [-0.39, 0.29) is 5.75 Å². The Labute approximate surface area is 75.5 Å². The minimum absolute atomic E-state index is 0.147. The van der Waals surface area contributed by atoms with Crippen molar-refractivity contribution in [2.45, 2.75) is 6.04 Å². The molecule has 1 rings (SSSR count). The van der Waals surface area contributed by atoms with Crippen LogP contribution in [0.25, 0.3) is 0 Å². The zero-order valence-corrected chi connectivity index (χ0v) is 7.12. The van der Waals surface area contributed by atoms with Crippen LogP contribution in [0, 0.1) is 17.1 Å². The second-order valence-corrected chi connectivity index (χ2v) is 2.50. The van der Waals surface area contributed by atoms with E-state index >= 15 is 0 Å². The van der Waals surface area contributed by atoms with Gasteiger partial charge in [-0.25, -0.2) is 4.39 Å². The predicted octanol–water partition coefficient (Wildman–Crippen LogP) is 1.36. The highest BCUT2D eigenvalue weighted by molar-refractivity contribution is 5.32. The SMILES string of the molecule is COc1ccc([C@H](N)C#N)cc1F. The van der Waals surface area contributed by atoms with Gasteiger partial charge >= 0.3 is 0 Å². The number of hydrogen-bond acceptors (Lipinski definition) is 3. The van der Waals surface area contributed by atoms with Gasteiger partial charge in [-0.2, -0.15) is 5.26 Å². The fraction of sp³-hybridized carbons (Fsp3) is 0.222. The van der Waals surface area contributed by atoms with E-state index in [9.17, 15) is 4.39 Å². The van der Waals surface area contributed by atoms with Gasteiger partial charge in [-0.3, -0.25) is 0 Å². The van der Waals surface area contributed by atoms with Crippen molar-refractivity contribution >= 4 is 0 Å². The predicted molar refractivity (Wildman–Crippen MR) is 45.5 cm³/mol. The molecule has 2 N–H and O–H groups in total. The van der Waals surface area contributed by atoms with E-state index in [4.69, 9.17) is 15.7 Å². The summed E-state index contributed by atoms with van der Waals surface area (Å²) in [6, 6.07) is 5.24. The largest absolute Gasteiger partial charge is 0.494 e. The first-order valence-corrected chi connectivity index (χ1v) is 3.67. The van der Waals surface area contributed by atoms with E-state index in [1.165, 1.54) is 19.2 Å². The first-order chi connectivity index (χ1) is 6.19. The molecule has 0 saturated carbocycles. The molecule has 0 fully saturated rings. The Bertz CT molecular complexity index is 346. The molecule has 3 nitrogen and oxygen atoms in total. The first-order valence-electron chi connectivity index (χ1n) is 3.67.